The number of aromatic nitrogens is 2. The molecule has 0 aliphatic rings. The summed E-state index contributed by atoms with van der Waals surface area (Å²) in [5, 5.41) is 4.29. The molecule has 3 nitrogen and oxygen atoms in total. The predicted molar refractivity (Wildman–Crippen MR) is 75.4 cm³/mol. The molecule has 0 aliphatic carbocycles. The fourth-order valence-electron chi connectivity index (χ4n) is 1.93. The molecule has 0 aliphatic heterocycles. The summed E-state index contributed by atoms with van der Waals surface area (Å²) in [7, 11) is 0. The van der Waals surface area contributed by atoms with Gasteiger partial charge in [-0.3, -0.25) is 4.68 Å². The standard InChI is InChI=1S/C15H21N3/c1-15(2,3)14-6-4-12(5-7-14)13-10-17-18(11-13)9-8-16/h4-7,10-11H,8-9,16H2,1-3H3. The van der Waals surface area contributed by atoms with Crippen LogP contribution >= 0.6 is 0 Å². The summed E-state index contributed by atoms with van der Waals surface area (Å²) >= 11 is 0. The molecule has 0 saturated heterocycles. The Morgan fingerprint density at radius 1 is 1.11 bits per heavy atom. The quantitative estimate of drug-likeness (QED) is 0.901. The van der Waals surface area contributed by atoms with E-state index in [2.05, 4.69) is 50.1 Å². The first kappa shape index (κ1) is 12.8. The van der Waals surface area contributed by atoms with E-state index in [1.54, 1.807) is 0 Å². The fourth-order valence-corrected chi connectivity index (χ4v) is 1.93. The maximum atomic E-state index is 5.52. The lowest BCUT2D eigenvalue weighted by Gasteiger charge is -2.18. The first-order valence-electron chi connectivity index (χ1n) is 6.34. The molecule has 2 rings (SSSR count). The molecule has 3 heteroatoms. The van der Waals surface area contributed by atoms with Gasteiger partial charge in [-0.1, -0.05) is 45.0 Å². The summed E-state index contributed by atoms with van der Waals surface area (Å²) in [5.41, 5.74) is 9.40. The van der Waals surface area contributed by atoms with Crippen LogP contribution in [0.5, 0.6) is 0 Å². The Morgan fingerprint density at radius 3 is 2.33 bits per heavy atom. The number of benzene rings is 1. The molecular weight excluding hydrogens is 222 g/mol. The van der Waals surface area contributed by atoms with Gasteiger partial charge in [0, 0.05) is 18.3 Å². The minimum atomic E-state index is 0.197. The van der Waals surface area contributed by atoms with Gasteiger partial charge in [-0.25, -0.2) is 0 Å². The number of nitrogens with zero attached hydrogens (tertiary/aromatic N) is 2. The van der Waals surface area contributed by atoms with E-state index in [9.17, 15) is 0 Å². The van der Waals surface area contributed by atoms with Gasteiger partial charge in [-0.15, -0.1) is 0 Å². The van der Waals surface area contributed by atoms with Crippen LogP contribution in [0, 0.1) is 0 Å². The van der Waals surface area contributed by atoms with Gasteiger partial charge in [-0.2, -0.15) is 5.10 Å². The third-order valence-corrected chi connectivity index (χ3v) is 3.08. The molecule has 1 aromatic heterocycles. The van der Waals surface area contributed by atoms with Crippen molar-refractivity contribution in [3.8, 4) is 11.1 Å². The van der Waals surface area contributed by atoms with Gasteiger partial charge >= 0.3 is 0 Å². The van der Waals surface area contributed by atoms with Crippen LogP contribution in [0.1, 0.15) is 26.3 Å². The zero-order valence-corrected chi connectivity index (χ0v) is 11.4. The smallest absolute Gasteiger partial charge is 0.0568 e. The van der Waals surface area contributed by atoms with Crippen molar-refractivity contribution in [1.82, 2.24) is 9.78 Å². The summed E-state index contributed by atoms with van der Waals surface area (Å²) < 4.78 is 1.88. The highest BCUT2D eigenvalue weighted by Gasteiger charge is 2.13. The van der Waals surface area contributed by atoms with E-state index in [1.165, 1.54) is 11.1 Å². The highest BCUT2D eigenvalue weighted by atomic mass is 15.3. The van der Waals surface area contributed by atoms with Gasteiger partial charge in [0.25, 0.3) is 0 Å². The lowest BCUT2D eigenvalue weighted by molar-refractivity contribution is 0.590. The minimum Gasteiger partial charge on any atom is -0.329 e. The van der Waals surface area contributed by atoms with Crippen molar-refractivity contribution in [3.63, 3.8) is 0 Å². The van der Waals surface area contributed by atoms with Gasteiger partial charge in [0.05, 0.1) is 12.7 Å². The second-order valence-electron chi connectivity index (χ2n) is 5.61. The number of nitrogens with two attached hydrogens (primary N) is 1. The number of hydrogen-bond acceptors (Lipinski definition) is 2. The van der Waals surface area contributed by atoms with Crippen LogP contribution in [0.4, 0.5) is 0 Å². The molecule has 1 heterocycles. The average molecular weight is 243 g/mol. The number of hydrogen-bond donors (Lipinski definition) is 1. The molecule has 96 valence electrons. The van der Waals surface area contributed by atoms with E-state index >= 15 is 0 Å². The highest BCUT2D eigenvalue weighted by molar-refractivity contribution is 5.62. The van der Waals surface area contributed by atoms with E-state index in [0.717, 1.165) is 12.1 Å². The minimum absolute atomic E-state index is 0.197. The topological polar surface area (TPSA) is 43.8 Å². The van der Waals surface area contributed by atoms with Crippen molar-refractivity contribution in [1.29, 1.82) is 0 Å². The number of rotatable bonds is 3. The predicted octanol–water partition coefficient (Wildman–Crippen LogP) is 2.81. The molecular formula is C15H21N3. The third-order valence-electron chi connectivity index (χ3n) is 3.08. The summed E-state index contributed by atoms with van der Waals surface area (Å²) in [6, 6.07) is 8.69. The van der Waals surface area contributed by atoms with Crippen LogP contribution < -0.4 is 5.73 Å². The van der Waals surface area contributed by atoms with Crippen molar-refractivity contribution in [2.24, 2.45) is 5.73 Å². The monoisotopic (exact) mass is 243 g/mol. The van der Waals surface area contributed by atoms with E-state index in [4.69, 9.17) is 5.73 Å². The second kappa shape index (κ2) is 4.94. The van der Waals surface area contributed by atoms with Crippen molar-refractivity contribution in [3.05, 3.63) is 42.2 Å². The first-order chi connectivity index (χ1) is 8.50. The summed E-state index contributed by atoms with van der Waals surface area (Å²) in [6.07, 6.45) is 3.93. The van der Waals surface area contributed by atoms with Crippen molar-refractivity contribution in [2.45, 2.75) is 32.7 Å². The lowest BCUT2D eigenvalue weighted by atomic mass is 9.86. The van der Waals surface area contributed by atoms with Crippen molar-refractivity contribution < 1.29 is 0 Å². The summed E-state index contributed by atoms with van der Waals surface area (Å²) in [6.45, 7) is 8.05. The molecule has 2 aromatic rings. The Balaban J connectivity index is 2.23. The van der Waals surface area contributed by atoms with Crippen LogP contribution in [-0.2, 0) is 12.0 Å². The SMILES string of the molecule is CC(C)(C)c1ccc(-c2cnn(CCN)c2)cc1. The van der Waals surface area contributed by atoms with Gasteiger partial charge in [0.2, 0.25) is 0 Å². The Kier molecular flexibility index (Phi) is 3.53. The molecule has 0 radical (unpaired) electrons. The average Bonchev–Trinajstić information content (AvgIpc) is 2.77. The van der Waals surface area contributed by atoms with Crippen LogP contribution in [-0.4, -0.2) is 16.3 Å². The molecule has 0 atom stereocenters. The molecule has 0 fully saturated rings. The molecule has 0 bridgehead atoms. The van der Waals surface area contributed by atoms with Crippen LogP contribution in [0.25, 0.3) is 11.1 Å². The largest absolute Gasteiger partial charge is 0.329 e. The Morgan fingerprint density at radius 2 is 1.78 bits per heavy atom. The molecule has 0 amide bonds. The van der Waals surface area contributed by atoms with Crippen LogP contribution in [0.2, 0.25) is 0 Å². The maximum absolute atomic E-state index is 5.52. The first-order valence-corrected chi connectivity index (χ1v) is 6.34. The third kappa shape index (κ3) is 2.79. The Hall–Kier alpha value is -1.61. The molecule has 0 spiro atoms. The van der Waals surface area contributed by atoms with Gasteiger partial charge < -0.3 is 5.73 Å². The summed E-state index contributed by atoms with van der Waals surface area (Å²) in [5.74, 6) is 0. The summed E-state index contributed by atoms with van der Waals surface area (Å²) in [4.78, 5) is 0. The normalized spacial score (nSPS) is 11.8. The van der Waals surface area contributed by atoms with E-state index < -0.39 is 0 Å². The molecule has 0 saturated carbocycles. The Bertz CT molecular complexity index is 503. The maximum Gasteiger partial charge on any atom is 0.0568 e. The lowest BCUT2D eigenvalue weighted by Crippen LogP contribution is -2.10. The zero-order chi connectivity index (χ0) is 13.2. The van der Waals surface area contributed by atoms with E-state index in [-0.39, 0.29) is 5.41 Å². The van der Waals surface area contributed by atoms with Crippen molar-refractivity contribution in [2.75, 3.05) is 6.54 Å². The van der Waals surface area contributed by atoms with Crippen LogP contribution in [0.15, 0.2) is 36.7 Å². The second-order valence-corrected chi connectivity index (χ2v) is 5.61. The Labute approximate surface area is 109 Å². The van der Waals surface area contributed by atoms with Gasteiger partial charge in [0.1, 0.15) is 0 Å². The van der Waals surface area contributed by atoms with Gasteiger partial charge in [-0.05, 0) is 16.5 Å². The van der Waals surface area contributed by atoms with Gasteiger partial charge in [0.15, 0.2) is 0 Å². The molecule has 18 heavy (non-hydrogen) atoms. The zero-order valence-electron chi connectivity index (χ0n) is 11.4. The molecule has 0 unspecified atom stereocenters. The molecule has 1 aromatic carbocycles. The fraction of sp³-hybridized carbons (Fsp3) is 0.400. The van der Waals surface area contributed by atoms with Crippen LogP contribution in [0.3, 0.4) is 0 Å². The molecule has 2 N–H and O–H groups in total. The van der Waals surface area contributed by atoms with E-state index in [0.29, 0.717) is 6.54 Å². The van der Waals surface area contributed by atoms with Crippen molar-refractivity contribution >= 4 is 0 Å². The van der Waals surface area contributed by atoms with E-state index in [1.807, 2.05) is 17.1 Å². The highest BCUT2D eigenvalue weighted by Crippen LogP contribution is 2.25.